The average molecular weight is 183 g/mol. The molecule has 1 N–H and O–H groups in total. The van der Waals surface area contributed by atoms with Crippen molar-refractivity contribution in [2.45, 2.75) is 13.0 Å². The summed E-state index contributed by atoms with van der Waals surface area (Å²) in [6.45, 7) is 2.92. The van der Waals surface area contributed by atoms with E-state index in [9.17, 15) is 0 Å². The van der Waals surface area contributed by atoms with Crippen molar-refractivity contribution in [3.05, 3.63) is 12.2 Å². The Bertz CT molecular complexity index is 250. The Morgan fingerprint density at radius 3 is 3.23 bits per heavy atom. The zero-order valence-corrected chi connectivity index (χ0v) is 7.39. The number of aromatic nitrogens is 2. The molecule has 2 rings (SSSR count). The summed E-state index contributed by atoms with van der Waals surface area (Å²) in [5.74, 6) is 1.07. The van der Waals surface area contributed by atoms with E-state index in [1.807, 2.05) is 0 Å². The maximum atomic E-state index is 8.93. The summed E-state index contributed by atoms with van der Waals surface area (Å²) in [6, 6.07) is 0. The van der Waals surface area contributed by atoms with Gasteiger partial charge in [-0.1, -0.05) is 5.16 Å². The molecule has 0 saturated carbocycles. The molecule has 1 aliphatic rings. The maximum Gasteiger partial charge on any atom is 0.240 e. The first-order valence-corrected chi connectivity index (χ1v) is 4.47. The molecule has 2 heterocycles. The molecule has 1 saturated heterocycles. The van der Waals surface area contributed by atoms with E-state index in [2.05, 4.69) is 15.0 Å². The molecular formula is C8H13N3O2. The number of aliphatic hydroxyl groups is 1. The van der Waals surface area contributed by atoms with Gasteiger partial charge in [0.1, 0.15) is 0 Å². The molecule has 0 aromatic carbocycles. The zero-order valence-electron chi connectivity index (χ0n) is 7.39. The van der Waals surface area contributed by atoms with Gasteiger partial charge in [-0.05, 0) is 18.9 Å². The van der Waals surface area contributed by atoms with E-state index in [0.29, 0.717) is 18.4 Å². The standard InChI is InChI=1S/C8H13N3O2/c12-5-7-1-2-11(3-7)4-8-9-6-10-13-8/h6-7,12H,1-5H2. The Balaban J connectivity index is 1.84. The zero-order chi connectivity index (χ0) is 9.10. The first-order chi connectivity index (χ1) is 6.38. The van der Waals surface area contributed by atoms with E-state index < -0.39 is 0 Å². The fraction of sp³-hybridized carbons (Fsp3) is 0.750. The summed E-state index contributed by atoms with van der Waals surface area (Å²) < 4.78 is 4.90. The minimum Gasteiger partial charge on any atom is -0.396 e. The van der Waals surface area contributed by atoms with Crippen molar-refractivity contribution in [1.82, 2.24) is 15.0 Å². The van der Waals surface area contributed by atoms with Crippen LogP contribution in [-0.4, -0.2) is 39.8 Å². The second-order valence-corrected chi connectivity index (χ2v) is 3.41. The molecule has 0 spiro atoms. The highest BCUT2D eigenvalue weighted by Crippen LogP contribution is 2.16. The van der Waals surface area contributed by atoms with Gasteiger partial charge in [0.25, 0.3) is 0 Å². The van der Waals surface area contributed by atoms with Crippen molar-refractivity contribution in [1.29, 1.82) is 0 Å². The summed E-state index contributed by atoms with van der Waals surface area (Å²) in [5, 5.41) is 12.5. The first kappa shape index (κ1) is 8.65. The number of hydrogen-bond acceptors (Lipinski definition) is 5. The molecule has 0 radical (unpaired) electrons. The van der Waals surface area contributed by atoms with E-state index >= 15 is 0 Å². The Morgan fingerprint density at radius 2 is 2.62 bits per heavy atom. The molecule has 0 bridgehead atoms. The lowest BCUT2D eigenvalue weighted by Crippen LogP contribution is -2.21. The summed E-state index contributed by atoms with van der Waals surface area (Å²) in [7, 11) is 0. The molecule has 1 aliphatic heterocycles. The van der Waals surface area contributed by atoms with Crippen molar-refractivity contribution in [3.63, 3.8) is 0 Å². The van der Waals surface area contributed by atoms with Crippen molar-refractivity contribution >= 4 is 0 Å². The van der Waals surface area contributed by atoms with Crippen LogP contribution in [-0.2, 0) is 6.54 Å². The minimum atomic E-state index is 0.278. The van der Waals surface area contributed by atoms with Crippen molar-refractivity contribution in [2.24, 2.45) is 5.92 Å². The third kappa shape index (κ3) is 2.05. The highest BCUT2D eigenvalue weighted by Gasteiger charge is 2.22. The molecule has 1 aromatic heterocycles. The molecular weight excluding hydrogens is 170 g/mol. The van der Waals surface area contributed by atoms with Crippen LogP contribution in [0.3, 0.4) is 0 Å². The topological polar surface area (TPSA) is 62.4 Å². The fourth-order valence-corrected chi connectivity index (χ4v) is 1.66. The molecule has 0 aliphatic carbocycles. The minimum absolute atomic E-state index is 0.278. The van der Waals surface area contributed by atoms with Crippen LogP contribution in [0.4, 0.5) is 0 Å². The Morgan fingerprint density at radius 1 is 1.69 bits per heavy atom. The van der Waals surface area contributed by atoms with Gasteiger partial charge >= 0.3 is 0 Å². The van der Waals surface area contributed by atoms with E-state index in [4.69, 9.17) is 9.63 Å². The number of hydrogen-bond donors (Lipinski definition) is 1. The van der Waals surface area contributed by atoms with Gasteiger partial charge < -0.3 is 9.63 Å². The van der Waals surface area contributed by atoms with Gasteiger partial charge in [0.15, 0.2) is 6.33 Å². The van der Waals surface area contributed by atoms with E-state index in [1.54, 1.807) is 0 Å². The third-order valence-corrected chi connectivity index (χ3v) is 2.39. The Hall–Kier alpha value is -0.940. The molecule has 1 unspecified atom stereocenters. The molecule has 72 valence electrons. The average Bonchev–Trinajstić information content (AvgIpc) is 2.76. The Kier molecular flexibility index (Phi) is 2.56. The SMILES string of the molecule is OCC1CCN(Cc2ncno2)C1. The fourth-order valence-electron chi connectivity index (χ4n) is 1.66. The quantitative estimate of drug-likeness (QED) is 0.708. The van der Waals surface area contributed by atoms with Crippen LogP contribution in [0.15, 0.2) is 10.9 Å². The smallest absolute Gasteiger partial charge is 0.240 e. The number of rotatable bonds is 3. The number of likely N-dealkylation sites (tertiary alicyclic amines) is 1. The molecule has 1 atom stereocenters. The monoisotopic (exact) mass is 183 g/mol. The van der Waals surface area contributed by atoms with Crippen molar-refractivity contribution in [3.8, 4) is 0 Å². The van der Waals surface area contributed by atoms with Gasteiger partial charge in [-0.3, -0.25) is 4.90 Å². The highest BCUT2D eigenvalue weighted by molar-refractivity contribution is 4.80. The van der Waals surface area contributed by atoms with Crippen LogP contribution in [0.25, 0.3) is 0 Å². The van der Waals surface area contributed by atoms with Crippen LogP contribution in [0.2, 0.25) is 0 Å². The van der Waals surface area contributed by atoms with Crippen LogP contribution in [0.1, 0.15) is 12.3 Å². The molecule has 5 heteroatoms. The largest absolute Gasteiger partial charge is 0.396 e. The van der Waals surface area contributed by atoms with Gasteiger partial charge in [0, 0.05) is 13.2 Å². The molecule has 0 amide bonds. The lowest BCUT2D eigenvalue weighted by atomic mass is 10.1. The van der Waals surface area contributed by atoms with Gasteiger partial charge in [-0.2, -0.15) is 4.98 Å². The molecule has 1 fully saturated rings. The maximum absolute atomic E-state index is 8.93. The summed E-state index contributed by atoms with van der Waals surface area (Å²) in [5.41, 5.74) is 0. The second-order valence-electron chi connectivity index (χ2n) is 3.41. The van der Waals surface area contributed by atoms with Crippen LogP contribution < -0.4 is 0 Å². The molecule has 13 heavy (non-hydrogen) atoms. The third-order valence-electron chi connectivity index (χ3n) is 2.39. The lowest BCUT2D eigenvalue weighted by Gasteiger charge is -2.11. The number of nitrogens with zero attached hydrogens (tertiary/aromatic N) is 3. The normalized spacial score (nSPS) is 23.9. The second kappa shape index (κ2) is 3.85. The summed E-state index contributed by atoms with van der Waals surface area (Å²) in [4.78, 5) is 6.17. The van der Waals surface area contributed by atoms with Crippen molar-refractivity contribution in [2.75, 3.05) is 19.7 Å². The van der Waals surface area contributed by atoms with Crippen LogP contribution >= 0.6 is 0 Å². The lowest BCUT2D eigenvalue weighted by molar-refractivity contribution is 0.211. The summed E-state index contributed by atoms with van der Waals surface area (Å²) in [6.07, 6.45) is 2.47. The highest BCUT2D eigenvalue weighted by atomic mass is 16.5. The van der Waals surface area contributed by atoms with E-state index in [1.165, 1.54) is 6.33 Å². The predicted molar refractivity (Wildman–Crippen MR) is 44.8 cm³/mol. The van der Waals surface area contributed by atoms with Crippen LogP contribution in [0.5, 0.6) is 0 Å². The van der Waals surface area contributed by atoms with Crippen LogP contribution in [0, 0.1) is 5.92 Å². The Labute approximate surface area is 76.4 Å². The van der Waals surface area contributed by atoms with Gasteiger partial charge in [-0.25, -0.2) is 0 Å². The van der Waals surface area contributed by atoms with E-state index in [0.717, 1.165) is 19.5 Å². The first-order valence-electron chi connectivity index (χ1n) is 4.47. The van der Waals surface area contributed by atoms with Gasteiger partial charge in [0.05, 0.1) is 6.54 Å². The predicted octanol–water partition coefficient (Wildman–Crippen LogP) is -0.116. The molecule has 5 nitrogen and oxygen atoms in total. The van der Waals surface area contributed by atoms with Crippen molar-refractivity contribution < 1.29 is 9.63 Å². The summed E-state index contributed by atoms with van der Waals surface area (Å²) >= 11 is 0. The van der Waals surface area contributed by atoms with Gasteiger partial charge in [0.2, 0.25) is 5.89 Å². The molecule has 1 aromatic rings. The van der Waals surface area contributed by atoms with Gasteiger partial charge in [-0.15, -0.1) is 0 Å². The van der Waals surface area contributed by atoms with E-state index in [-0.39, 0.29) is 6.61 Å². The number of aliphatic hydroxyl groups excluding tert-OH is 1.